The van der Waals surface area contributed by atoms with Gasteiger partial charge in [-0.25, -0.2) is 4.39 Å². The molecule has 0 unspecified atom stereocenters. The van der Waals surface area contributed by atoms with E-state index in [-0.39, 0.29) is 36.6 Å². The smallest absolute Gasteiger partial charge is 0.120 e. The second kappa shape index (κ2) is 8.59. The van der Waals surface area contributed by atoms with E-state index in [9.17, 15) is 9.50 Å². The minimum atomic E-state index is -0.462. The van der Waals surface area contributed by atoms with E-state index >= 15 is 0 Å². The van der Waals surface area contributed by atoms with Gasteiger partial charge in [-0.1, -0.05) is 12.1 Å². The molecule has 2 rings (SSSR count). The molecule has 0 amide bonds. The van der Waals surface area contributed by atoms with Gasteiger partial charge in [-0.05, 0) is 18.6 Å². The van der Waals surface area contributed by atoms with Gasteiger partial charge in [0, 0.05) is 31.7 Å². The highest BCUT2D eigenvalue weighted by Crippen LogP contribution is 2.30. The lowest BCUT2D eigenvalue weighted by molar-refractivity contribution is 0.145. The van der Waals surface area contributed by atoms with Crippen LogP contribution in [0.1, 0.15) is 17.2 Å². The zero-order chi connectivity index (χ0) is 12.3. The van der Waals surface area contributed by atoms with Gasteiger partial charge in [-0.2, -0.15) is 0 Å². The maximum atomic E-state index is 13.2. The summed E-state index contributed by atoms with van der Waals surface area (Å²) in [7, 11) is 0. The standard InChI is InChI=1S/C13H19FN2O.2ClH/c1-10-2-3-11(13(17)8-10)12(9-14)16-6-4-15-5-7-16;;/h2-3,8,12,15,17H,4-7,9H2,1H3;2*1H/t12-;;/m0../s1. The maximum absolute atomic E-state index is 13.2. The van der Waals surface area contributed by atoms with Gasteiger partial charge >= 0.3 is 0 Å². The molecule has 6 heteroatoms. The van der Waals surface area contributed by atoms with Crippen LogP contribution in [-0.4, -0.2) is 42.9 Å². The zero-order valence-electron chi connectivity index (χ0n) is 10.9. The highest BCUT2D eigenvalue weighted by atomic mass is 35.5. The Morgan fingerprint density at radius 3 is 2.47 bits per heavy atom. The molecule has 0 spiro atoms. The molecule has 1 saturated heterocycles. The summed E-state index contributed by atoms with van der Waals surface area (Å²) in [6.45, 7) is 4.85. The first-order valence-electron chi connectivity index (χ1n) is 6.02. The Morgan fingerprint density at radius 2 is 1.95 bits per heavy atom. The van der Waals surface area contributed by atoms with E-state index in [2.05, 4.69) is 10.2 Å². The SMILES string of the molecule is Cc1ccc([C@H](CF)N2CCNCC2)c(O)c1.Cl.Cl. The van der Waals surface area contributed by atoms with Crippen LogP contribution in [-0.2, 0) is 0 Å². The van der Waals surface area contributed by atoms with Crippen LogP contribution < -0.4 is 5.32 Å². The number of benzene rings is 1. The van der Waals surface area contributed by atoms with Crippen molar-refractivity contribution in [3.63, 3.8) is 0 Å². The molecule has 1 aliphatic heterocycles. The monoisotopic (exact) mass is 310 g/mol. The molecule has 0 aromatic heterocycles. The fraction of sp³-hybridized carbons (Fsp3) is 0.538. The third-order valence-corrected chi connectivity index (χ3v) is 3.28. The van der Waals surface area contributed by atoms with Crippen molar-refractivity contribution in [1.82, 2.24) is 10.2 Å². The molecule has 19 heavy (non-hydrogen) atoms. The Labute approximate surface area is 126 Å². The second-order valence-corrected chi connectivity index (χ2v) is 4.52. The van der Waals surface area contributed by atoms with Crippen molar-refractivity contribution in [1.29, 1.82) is 0 Å². The van der Waals surface area contributed by atoms with Crippen LogP contribution in [0.3, 0.4) is 0 Å². The number of aromatic hydroxyl groups is 1. The van der Waals surface area contributed by atoms with Crippen molar-refractivity contribution in [2.45, 2.75) is 13.0 Å². The van der Waals surface area contributed by atoms with Crippen LogP contribution in [0.4, 0.5) is 4.39 Å². The number of alkyl halides is 1. The minimum absolute atomic E-state index is 0. The molecule has 1 heterocycles. The van der Waals surface area contributed by atoms with Crippen LogP contribution in [0.5, 0.6) is 5.75 Å². The van der Waals surface area contributed by atoms with Gasteiger partial charge < -0.3 is 10.4 Å². The van der Waals surface area contributed by atoms with E-state index in [1.807, 2.05) is 19.1 Å². The number of phenols is 1. The molecule has 1 atom stereocenters. The van der Waals surface area contributed by atoms with Gasteiger partial charge in [0.15, 0.2) is 0 Å². The van der Waals surface area contributed by atoms with E-state index in [1.54, 1.807) is 6.07 Å². The summed E-state index contributed by atoms with van der Waals surface area (Å²) >= 11 is 0. The summed E-state index contributed by atoms with van der Waals surface area (Å²) < 4.78 is 13.2. The summed E-state index contributed by atoms with van der Waals surface area (Å²) in [5.74, 6) is 0.200. The van der Waals surface area contributed by atoms with Crippen LogP contribution in [0.25, 0.3) is 0 Å². The molecule has 1 aromatic carbocycles. The number of aryl methyl sites for hydroxylation is 1. The third kappa shape index (κ3) is 4.49. The predicted octanol–water partition coefficient (Wildman–Crippen LogP) is 2.46. The van der Waals surface area contributed by atoms with Gasteiger partial charge in [0.2, 0.25) is 0 Å². The Bertz CT molecular complexity index is 387. The summed E-state index contributed by atoms with van der Waals surface area (Å²) in [6, 6.07) is 5.12. The highest BCUT2D eigenvalue weighted by molar-refractivity contribution is 5.85. The first-order chi connectivity index (χ1) is 8.22. The quantitative estimate of drug-likeness (QED) is 0.900. The number of rotatable bonds is 3. The van der Waals surface area contributed by atoms with Gasteiger partial charge in [0.1, 0.15) is 12.4 Å². The largest absolute Gasteiger partial charge is 0.508 e. The molecular weight excluding hydrogens is 290 g/mol. The minimum Gasteiger partial charge on any atom is -0.508 e. The van der Waals surface area contributed by atoms with Crippen molar-refractivity contribution < 1.29 is 9.50 Å². The molecular formula is C13H21Cl2FN2O. The number of nitrogens with one attached hydrogen (secondary N) is 1. The average Bonchev–Trinajstić information content (AvgIpc) is 2.34. The number of piperazine rings is 1. The van der Waals surface area contributed by atoms with Crippen molar-refractivity contribution in [3.05, 3.63) is 29.3 Å². The molecule has 1 aliphatic rings. The van der Waals surface area contributed by atoms with E-state index in [0.29, 0.717) is 5.56 Å². The number of halogens is 3. The van der Waals surface area contributed by atoms with E-state index in [1.165, 1.54) is 0 Å². The molecule has 0 saturated carbocycles. The number of nitrogens with zero attached hydrogens (tertiary/aromatic N) is 1. The first-order valence-corrected chi connectivity index (χ1v) is 6.02. The van der Waals surface area contributed by atoms with E-state index in [0.717, 1.165) is 31.7 Å². The molecule has 0 aliphatic carbocycles. The number of hydrogen-bond donors (Lipinski definition) is 2. The van der Waals surface area contributed by atoms with E-state index < -0.39 is 6.67 Å². The molecule has 2 N–H and O–H groups in total. The Balaban J connectivity index is 0.00000162. The molecule has 1 aromatic rings. The van der Waals surface area contributed by atoms with Crippen LogP contribution in [0, 0.1) is 6.92 Å². The van der Waals surface area contributed by atoms with Crippen LogP contribution in [0.2, 0.25) is 0 Å². The number of hydrogen-bond acceptors (Lipinski definition) is 3. The second-order valence-electron chi connectivity index (χ2n) is 4.52. The lowest BCUT2D eigenvalue weighted by Gasteiger charge is -2.33. The maximum Gasteiger partial charge on any atom is 0.120 e. The van der Waals surface area contributed by atoms with E-state index in [4.69, 9.17) is 0 Å². The molecule has 110 valence electrons. The molecule has 3 nitrogen and oxygen atoms in total. The number of phenolic OH excluding ortho intramolecular Hbond substituents is 1. The fourth-order valence-corrected chi connectivity index (χ4v) is 2.31. The normalized spacial score (nSPS) is 17.2. The van der Waals surface area contributed by atoms with Crippen molar-refractivity contribution in [2.75, 3.05) is 32.9 Å². The third-order valence-electron chi connectivity index (χ3n) is 3.28. The summed E-state index contributed by atoms with van der Waals surface area (Å²) in [5.41, 5.74) is 1.68. The lowest BCUT2D eigenvalue weighted by atomic mass is 10.0. The van der Waals surface area contributed by atoms with Crippen molar-refractivity contribution in [3.8, 4) is 5.75 Å². The molecule has 0 bridgehead atoms. The summed E-state index contributed by atoms with van der Waals surface area (Å²) in [6.07, 6.45) is 0. The van der Waals surface area contributed by atoms with Crippen LogP contribution in [0.15, 0.2) is 18.2 Å². The van der Waals surface area contributed by atoms with Gasteiger partial charge in [-0.3, -0.25) is 4.90 Å². The van der Waals surface area contributed by atoms with Gasteiger partial charge in [0.25, 0.3) is 0 Å². The van der Waals surface area contributed by atoms with Gasteiger partial charge in [-0.15, -0.1) is 24.8 Å². The Hall–Kier alpha value is -0.550. The molecule has 1 fully saturated rings. The average molecular weight is 311 g/mol. The molecule has 0 radical (unpaired) electrons. The lowest BCUT2D eigenvalue weighted by Crippen LogP contribution is -2.45. The van der Waals surface area contributed by atoms with Crippen molar-refractivity contribution >= 4 is 24.8 Å². The van der Waals surface area contributed by atoms with Crippen LogP contribution >= 0.6 is 24.8 Å². The topological polar surface area (TPSA) is 35.5 Å². The predicted molar refractivity (Wildman–Crippen MR) is 80.5 cm³/mol. The van der Waals surface area contributed by atoms with Gasteiger partial charge in [0.05, 0.1) is 6.04 Å². The fourth-order valence-electron chi connectivity index (χ4n) is 2.31. The van der Waals surface area contributed by atoms with Crippen molar-refractivity contribution in [2.24, 2.45) is 0 Å². The summed E-state index contributed by atoms with van der Waals surface area (Å²) in [5, 5.41) is 13.2. The zero-order valence-corrected chi connectivity index (χ0v) is 12.6. The first kappa shape index (κ1) is 18.4. The summed E-state index contributed by atoms with van der Waals surface area (Å²) in [4.78, 5) is 2.08. The Morgan fingerprint density at radius 1 is 1.32 bits per heavy atom. The highest BCUT2D eigenvalue weighted by Gasteiger charge is 2.24. The Kier molecular flexibility index (Phi) is 8.34.